The van der Waals surface area contributed by atoms with Gasteiger partial charge in [0.2, 0.25) is 5.91 Å². The van der Waals surface area contributed by atoms with E-state index in [2.05, 4.69) is 15.6 Å². The maximum absolute atomic E-state index is 12.7. The van der Waals surface area contributed by atoms with Gasteiger partial charge in [-0.2, -0.15) is 0 Å². The van der Waals surface area contributed by atoms with Crippen molar-refractivity contribution in [3.05, 3.63) is 18.0 Å². The molecule has 1 fully saturated rings. The molecule has 8 heteroatoms. The second kappa shape index (κ2) is 9.93. The van der Waals surface area contributed by atoms with Gasteiger partial charge in [-0.1, -0.05) is 26.7 Å². The van der Waals surface area contributed by atoms with E-state index in [1.54, 1.807) is 17.9 Å². The molecule has 1 aliphatic carbocycles. The van der Waals surface area contributed by atoms with Crippen molar-refractivity contribution >= 4 is 34.3 Å². The van der Waals surface area contributed by atoms with Gasteiger partial charge in [0.05, 0.1) is 31.3 Å². The average Bonchev–Trinajstić information content (AvgIpc) is 3.31. The lowest BCUT2D eigenvalue weighted by Gasteiger charge is -2.13. The molecular weight excluding hydrogens is 384 g/mol. The predicted molar refractivity (Wildman–Crippen MR) is 117 cm³/mol. The maximum atomic E-state index is 12.7. The van der Waals surface area contributed by atoms with Crippen LogP contribution in [-0.4, -0.2) is 48.3 Å². The van der Waals surface area contributed by atoms with Gasteiger partial charge in [-0.3, -0.25) is 4.79 Å². The second-order valence-corrected chi connectivity index (χ2v) is 8.23. The summed E-state index contributed by atoms with van der Waals surface area (Å²) in [5.41, 5.74) is 2.23. The Morgan fingerprint density at radius 1 is 1.27 bits per heavy atom. The standard InChI is InChI=1S/C22H32N4O4/c1-14(2)11-18(27)25-19-17-12-16(24-15-7-5-6-8-15)13-23-21(17)26(9-10-29-3)20(19)22(28)30-4/h12-15,24H,5-11H2,1-4H3,(H,25,27). The number of pyridine rings is 1. The molecule has 2 N–H and O–H groups in total. The first-order chi connectivity index (χ1) is 14.4. The molecule has 0 saturated heterocycles. The van der Waals surface area contributed by atoms with Gasteiger partial charge in [-0.15, -0.1) is 0 Å². The largest absolute Gasteiger partial charge is 0.464 e. The second-order valence-electron chi connectivity index (χ2n) is 8.23. The number of methoxy groups -OCH3 is 2. The minimum atomic E-state index is -0.519. The van der Waals surface area contributed by atoms with Crippen LogP contribution >= 0.6 is 0 Å². The van der Waals surface area contributed by atoms with Crippen molar-refractivity contribution in [3.8, 4) is 0 Å². The zero-order valence-corrected chi connectivity index (χ0v) is 18.3. The summed E-state index contributed by atoms with van der Waals surface area (Å²) in [5.74, 6) is -0.463. The number of carbonyl (C=O) groups excluding carboxylic acids is 2. The van der Waals surface area contributed by atoms with Gasteiger partial charge in [0, 0.05) is 31.5 Å². The fourth-order valence-electron chi connectivity index (χ4n) is 4.01. The summed E-state index contributed by atoms with van der Waals surface area (Å²) in [5, 5.41) is 7.20. The number of rotatable bonds is 9. The van der Waals surface area contributed by atoms with Crippen molar-refractivity contribution in [1.82, 2.24) is 9.55 Å². The van der Waals surface area contributed by atoms with Crippen LogP contribution in [-0.2, 0) is 20.8 Å². The van der Waals surface area contributed by atoms with Crippen LogP contribution in [0.5, 0.6) is 0 Å². The molecule has 1 aliphatic rings. The molecule has 164 valence electrons. The molecule has 0 aromatic carbocycles. The smallest absolute Gasteiger partial charge is 0.356 e. The first-order valence-electron chi connectivity index (χ1n) is 10.6. The summed E-state index contributed by atoms with van der Waals surface area (Å²) < 4.78 is 12.0. The lowest BCUT2D eigenvalue weighted by Crippen LogP contribution is -2.19. The number of nitrogens with zero attached hydrogens (tertiary/aromatic N) is 2. The SMILES string of the molecule is COCCn1c(C(=O)OC)c(NC(=O)CC(C)C)c2cc(NC3CCCC3)cnc21. The van der Waals surface area contributed by atoms with Crippen LogP contribution in [0.1, 0.15) is 56.4 Å². The van der Waals surface area contributed by atoms with E-state index in [4.69, 9.17) is 9.47 Å². The highest BCUT2D eigenvalue weighted by molar-refractivity contribution is 6.11. The van der Waals surface area contributed by atoms with Crippen molar-refractivity contribution in [3.63, 3.8) is 0 Å². The summed E-state index contributed by atoms with van der Waals surface area (Å²) in [4.78, 5) is 29.9. The number of amides is 1. The van der Waals surface area contributed by atoms with Crippen LogP contribution in [0.25, 0.3) is 11.0 Å². The molecule has 0 unspecified atom stereocenters. The third kappa shape index (κ3) is 4.92. The number of anilines is 2. The summed E-state index contributed by atoms with van der Waals surface area (Å²) in [7, 11) is 2.94. The minimum Gasteiger partial charge on any atom is -0.464 e. The van der Waals surface area contributed by atoms with Crippen molar-refractivity contribution < 1.29 is 19.1 Å². The summed E-state index contributed by atoms with van der Waals surface area (Å²) in [6.07, 6.45) is 6.87. The molecule has 0 bridgehead atoms. The van der Waals surface area contributed by atoms with Crippen LogP contribution in [0.4, 0.5) is 11.4 Å². The molecule has 1 amide bonds. The summed E-state index contributed by atoms with van der Waals surface area (Å²) in [6.45, 7) is 4.78. The van der Waals surface area contributed by atoms with E-state index in [1.165, 1.54) is 20.0 Å². The predicted octanol–water partition coefficient (Wildman–Crippen LogP) is 3.81. The summed E-state index contributed by atoms with van der Waals surface area (Å²) in [6, 6.07) is 2.39. The number of nitrogens with one attached hydrogen (secondary N) is 2. The fourth-order valence-corrected chi connectivity index (χ4v) is 4.01. The Bertz CT molecular complexity index is 900. The monoisotopic (exact) mass is 416 g/mol. The Kier molecular flexibility index (Phi) is 7.31. The summed E-state index contributed by atoms with van der Waals surface area (Å²) >= 11 is 0. The van der Waals surface area contributed by atoms with Crippen molar-refractivity contribution in [2.24, 2.45) is 5.92 Å². The van der Waals surface area contributed by atoms with E-state index in [0.717, 1.165) is 18.5 Å². The Morgan fingerprint density at radius 2 is 2.00 bits per heavy atom. The van der Waals surface area contributed by atoms with E-state index in [0.29, 0.717) is 42.3 Å². The third-order valence-electron chi connectivity index (χ3n) is 5.38. The molecular formula is C22H32N4O4. The molecule has 2 aromatic rings. The Balaban J connectivity index is 2.09. The number of aromatic nitrogens is 2. The number of fused-ring (bicyclic) bond motifs is 1. The van der Waals surface area contributed by atoms with Crippen LogP contribution < -0.4 is 10.6 Å². The molecule has 1 saturated carbocycles. The minimum absolute atomic E-state index is 0.143. The number of hydrogen-bond donors (Lipinski definition) is 2. The average molecular weight is 417 g/mol. The lowest BCUT2D eigenvalue weighted by molar-refractivity contribution is -0.116. The Hall–Kier alpha value is -2.61. The van der Waals surface area contributed by atoms with Crippen molar-refractivity contribution in [2.75, 3.05) is 31.5 Å². The Morgan fingerprint density at radius 3 is 2.63 bits per heavy atom. The normalized spacial score (nSPS) is 14.4. The fraction of sp³-hybridized carbons (Fsp3) is 0.591. The zero-order chi connectivity index (χ0) is 21.7. The van der Waals surface area contributed by atoms with Crippen molar-refractivity contribution in [2.45, 2.75) is 58.5 Å². The van der Waals surface area contributed by atoms with E-state index >= 15 is 0 Å². The van der Waals surface area contributed by atoms with Crippen LogP contribution in [0.15, 0.2) is 12.3 Å². The number of ether oxygens (including phenoxy) is 2. The molecule has 2 aromatic heterocycles. The van der Waals surface area contributed by atoms with Gasteiger partial charge in [0.15, 0.2) is 5.69 Å². The maximum Gasteiger partial charge on any atom is 0.356 e. The lowest BCUT2D eigenvalue weighted by atomic mass is 10.1. The third-order valence-corrected chi connectivity index (χ3v) is 5.38. The molecule has 2 heterocycles. The van der Waals surface area contributed by atoms with Gasteiger partial charge >= 0.3 is 5.97 Å². The highest BCUT2D eigenvalue weighted by atomic mass is 16.5. The van der Waals surface area contributed by atoms with E-state index < -0.39 is 5.97 Å². The van der Waals surface area contributed by atoms with Gasteiger partial charge in [-0.05, 0) is 24.8 Å². The molecule has 30 heavy (non-hydrogen) atoms. The first kappa shape index (κ1) is 22.1. The molecule has 0 atom stereocenters. The van der Waals surface area contributed by atoms with E-state index in [1.807, 2.05) is 19.9 Å². The quantitative estimate of drug-likeness (QED) is 0.604. The van der Waals surface area contributed by atoms with Gasteiger partial charge in [0.1, 0.15) is 5.65 Å². The number of carbonyl (C=O) groups is 2. The number of hydrogen-bond acceptors (Lipinski definition) is 6. The molecule has 8 nitrogen and oxygen atoms in total. The van der Waals surface area contributed by atoms with Gasteiger partial charge in [0.25, 0.3) is 0 Å². The number of esters is 1. The van der Waals surface area contributed by atoms with Crippen molar-refractivity contribution in [1.29, 1.82) is 0 Å². The van der Waals surface area contributed by atoms with Gasteiger partial charge < -0.3 is 24.7 Å². The molecule has 0 radical (unpaired) electrons. The zero-order valence-electron chi connectivity index (χ0n) is 18.3. The van der Waals surface area contributed by atoms with Crippen LogP contribution in [0.3, 0.4) is 0 Å². The van der Waals surface area contributed by atoms with Crippen LogP contribution in [0, 0.1) is 5.92 Å². The highest BCUT2D eigenvalue weighted by Gasteiger charge is 2.26. The van der Waals surface area contributed by atoms with Gasteiger partial charge in [-0.25, -0.2) is 9.78 Å². The Labute approximate surface area is 177 Å². The first-order valence-corrected chi connectivity index (χ1v) is 10.6. The molecule has 0 aliphatic heterocycles. The molecule has 3 rings (SSSR count). The topological polar surface area (TPSA) is 94.5 Å². The van der Waals surface area contributed by atoms with Crippen LogP contribution in [0.2, 0.25) is 0 Å². The molecule has 0 spiro atoms. The highest BCUT2D eigenvalue weighted by Crippen LogP contribution is 2.33. The van der Waals surface area contributed by atoms with E-state index in [9.17, 15) is 9.59 Å². The van der Waals surface area contributed by atoms with E-state index in [-0.39, 0.29) is 17.5 Å².